The van der Waals surface area contributed by atoms with E-state index in [1.807, 2.05) is 19.1 Å². The number of carbonyl (C=O) groups excluding carboxylic acids is 1. The summed E-state index contributed by atoms with van der Waals surface area (Å²) in [6.45, 7) is 5.34. The SMILES string of the molecule is Cc1ccc(C)c(S(=O)(=O)NCCNC(=O)C(C)Oc2ccc(C#N)cc2)c1. The number of nitriles is 1. The molecule has 2 aromatic carbocycles. The largest absolute Gasteiger partial charge is 0.481 e. The number of nitrogens with one attached hydrogen (secondary N) is 2. The van der Waals surface area contributed by atoms with E-state index in [0.29, 0.717) is 16.9 Å². The van der Waals surface area contributed by atoms with E-state index in [0.717, 1.165) is 5.56 Å². The van der Waals surface area contributed by atoms with Gasteiger partial charge in [0.2, 0.25) is 10.0 Å². The van der Waals surface area contributed by atoms with Crippen molar-refractivity contribution in [3.63, 3.8) is 0 Å². The van der Waals surface area contributed by atoms with Gasteiger partial charge in [-0.2, -0.15) is 5.26 Å². The quantitative estimate of drug-likeness (QED) is 0.658. The number of aryl methyl sites for hydroxylation is 2. The van der Waals surface area contributed by atoms with Crippen molar-refractivity contribution in [2.45, 2.75) is 31.8 Å². The van der Waals surface area contributed by atoms with E-state index in [1.165, 1.54) is 0 Å². The zero-order valence-electron chi connectivity index (χ0n) is 16.0. The molecule has 0 spiro atoms. The van der Waals surface area contributed by atoms with Crippen LogP contribution in [-0.4, -0.2) is 33.5 Å². The first kappa shape index (κ1) is 21.4. The molecule has 0 bridgehead atoms. The molecule has 2 N–H and O–H groups in total. The maximum absolute atomic E-state index is 12.4. The molecule has 0 saturated carbocycles. The van der Waals surface area contributed by atoms with Crippen LogP contribution in [0.4, 0.5) is 0 Å². The molecular weight excluding hydrogens is 378 g/mol. The molecular formula is C20H23N3O4S. The monoisotopic (exact) mass is 401 g/mol. The smallest absolute Gasteiger partial charge is 0.260 e. The highest BCUT2D eigenvalue weighted by molar-refractivity contribution is 7.89. The molecule has 28 heavy (non-hydrogen) atoms. The summed E-state index contributed by atoms with van der Waals surface area (Å²) in [6, 6.07) is 13.6. The Morgan fingerprint density at radius 1 is 1.14 bits per heavy atom. The molecule has 2 rings (SSSR count). The van der Waals surface area contributed by atoms with Gasteiger partial charge < -0.3 is 10.1 Å². The molecule has 0 aliphatic carbocycles. The van der Waals surface area contributed by atoms with Crippen molar-refractivity contribution in [2.75, 3.05) is 13.1 Å². The molecule has 0 aliphatic rings. The van der Waals surface area contributed by atoms with Crippen LogP contribution in [-0.2, 0) is 14.8 Å². The summed E-state index contributed by atoms with van der Waals surface area (Å²) in [6.07, 6.45) is -0.761. The third-order valence-electron chi connectivity index (χ3n) is 4.01. The first-order chi connectivity index (χ1) is 13.2. The van der Waals surface area contributed by atoms with Gasteiger partial charge in [0, 0.05) is 13.1 Å². The molecule has 8 heteroatoms. The Balaban J connectivity index is 1.82. The predicted molar refractivity (Wildman–Crippen MR) is 105 cm³/mol. The summed E-state index contributed by atoms with van der Waals surface area (Å²) in [5.74, 6) is 0.104. The van der Waals surface area contributed by atoms with E-state index >= 15 is 0 Å². The van der Waals surface area contributed by atoms with Crippen LogP contribution in [0.2, 0.25) is 0 Å². The summed E-state index contributed by atoms with van der Waals surface area (Å²) in [4.78, 5) is 12.3. The third-order valence-corrected chi connectivity index (χ3v) is 5.62. The van der Waals surface area contributed by atoms with Crippen molar-refractivity contribution in [2.24, 2.45) is 0 Å². The molecule has 0 aromatic heterocycles. The zero-order valence-corrected chi connectivity index (χ0v) is 16.8. The van der Waals surface area contributed by atoms with Gasteiger partial charge in [-0.1, -0.05) is 12.1 Å². The fraction of sp³-hybridized carbons (Fsp3) is 0.300. The Morgan fingerprint density at radius 3 is 2.46 bits per heavy atom. The predicted octanol–water partition coefficient (Wildman–Crippen LogP) is 2.04. The number of amides is 1. The number of benzene rings is 2. The average Bonchev–Trinajstić information content (AvgIpc) is 2.67. The standard InChI is InChI=1S/C20H23N3O4S/c1-14-4-5-15(2)19(12-14)28(25,26)23-11-10-22-20(24)16(3)27-18-8-6-17(13-21)7-9-18/h4-9,12,16,23H,10-11H2,1-3H3,(H,22,24). The Bertz CT molecular complexity index is 980. The number of hydrogen-bond donors (Lipinski definition) is 2. The average molecular weight is 401 g/mol. The van der Waals surface area contributed by atoms with E-state index in [1.54, 1.807) is 50.2 Å². The van der Waals surface area contributed by atoms with Crippen molar-refractivity contribution >= 4 is 15.9 Å². The Labute approximate surface area is 165 Å². The van der Waals surface area contributed by atoms with Crippen molar-refractivity contribution in [1.82, 2.24) is 10.0 Å². The zero-order chi connectivity index (χ0) is 20.7. The molecule has 1 unspecified atom stereocenters. The minimum absolute atomic E-state index is 0.0606. The van der Waals surface area contributed by atoms with Crippen LogP contribution < -0.4 is 14.8 Å². The van der Waals surface area contributed by atoms with Gasteiger partial charge in [0.25, 0.3) is 5.91 Å². The number of nitrogens with zero attached hydrogens (tertiary/aromatic N) is 1. The second-order valence-corrected chi connectivity index (χ2v) is 8.09. The van der Waals surface area contributed by atoms with Gasteiger partial charge in [0.15, 0.2) is 6.10 Å². The van der Waals surface area contributed by atoms with Gasteiger partial charge >= 0.3 is 0 Å². The molecule has 1 amide bonds. The van der Waals surface area contributed by atoms with Gasteiger partial charge in [0.05, 0.1) is 16.5 Å². The first-order valence-electron chi connectivity index (χ1n) is 8.74. The van der Waals surface area contributed by atoms with E-state index in [4.69, 9.17) is 10.00 Å². The number of rotatable bonds is 8. The first-order valence-corrected chi connectivity index (χ1v) is 10.2. The summed E-state index contributed by atoms with van der Waals surface area (Å²) < 4.78 is 32.8. The molecule has 0 saturated heterocycles. The summed E-state index contributed by atoms with van der Waals surface area (Å²) >= 11 is 0. The van der Waals surface area contributed by atoms with Crippen LogP contribution in [0.3, 0.4) is 0 Å². The summed E-state index contributed by atoms with van der Waals surface area (Å²) in [5.41, 5.74) is 2.01. The highest BCUT2D eigenvalue weighted by Gasteiger charge is 2.17. The van der Waals surface area contributed by atoms with E-state index in [-0.39, 0.29) is 23.9 Å². The summed E-state index contributed by atoms with van der Waals surface area (Å²) in [7, 11) is -3.65. The highest BCUT2D eigenvalue weighted by atomic mass is 32.2. The van der Waals surface area contributed by atoms with Gasteiger partial charge in [-0.3, -0.25) is 4.79 Å². The second kappa shape index (κ2) is 9.35. The van der Waals surface area contributed by atoms with E-state index in [2.05, 4.69) is 10.0 Å². The highest BCUT2D eigenvalue weighted by Crippen LogP contribution is 2.16. The Morgan fingerprint density at radius 2 is 1.82 bits per heavy atom. The van der Waals surface area contributed by atoms with Gasteiger partial charge in [0.1, 0.15) is 5.75 Å². The van der Waals surface area contributed by atoms with Gasteiger partial charge in [-0.25, -0.2) is 13.1 Å². The van der Waals surface area contributed by atoms with Crippen LogP contribution in [0, 0.1) is 25.2 Å². The molecule has 1 atom stereocenters. The number of hydrogen-bond acceptors (Lipinski definition) is 5. The third kappa shape index (κ3) is 5.81. The van der Waals surface area contributed by atoms with E-state index in [9.17, 15) is 13.2 Å². The molecule has 0 fully saturated rings. The fourth-order valence-electron chi connectivity index (χ4n) is 2.46. The molecule has 7 nitrogen and oxygen atoms in total. The Kier molecular flexibility index (Phi) is 7.15. The van der Waals surface area contributed by atoms with Crippen LogP contribution in [0.5, 0.6) is 5.75 Å². The molecule has 0 heterocycles. The number of sulfonamides is 1. The van der Waals surface area contributed by atoms with Gasteiger partial charge in [-0.15, -0.1) is 0 Å². The Hall–Kier alpha value is -2.89. The van der Waals surface area contributed by atoms with Crippen molar-refractivity contribution in [1.29, 1.82) is 5.26 Å². The minimum atomic E-state index is -3.65. The topological polar surface area (TPSA) is 108 Å². The lowest BCUT2D eigenvalue weighted by Crippen LogP contribution is -2.40. The van der Waals surface area contributed by atoms with Crippen LogP contribution in [0.1, 0.15) is 23.6 Å². The molecule has 2 aromatic rings. The van der Waals surface area contributed by atoms with Crippen LogP contribution >= 0.6 is 0 Å². The molecule has 148 valence electrons. The lowest BCUT2D eigenvalue weighted by Gasteiger charge is -2.15. The van der Waals surface area contributed by atoms with Crippen molar-refractivity contribution in [3.8, 4) is 11.8 Å². The maximum atomic E-state index is 12.4. The molecule has 0 radical (unpaired) electrons. The van der Waals surface area contributed by atoms with Crippen molar-refractivity contribution in [3.05, 3.63) is 59.2 Å². The molecule has 0 aliphatic heterocycles. The normalized spacial score (nSPS) is 12.1. The van der Waals surface area contributed by atoms with Crippen LogP contribution in [0.25, 0.3) is 0 Å². The summed E-state index contributed by atoms with van der Waals surface area (Å²) in [5, 5.41) is 11.4. The van der Waals surface area contributed by atoms with Crippen molar-refractivity contribution < 1.29 is 17.9 Å². The van der Waals surface area contributed by atoms with E-state index < -0.39 is 16.1 Å². The number of ether oxygens (including phenoxy) is 1. The lowest BCUT2D eigenvalue weighted by atomic mass is 10.2. The minimum Gasteiger partial charge on any atom is -0.481 e. The van der Waals surface area contributed by atoms with Gasteiger partial charge in [-0.05, 0) is 62.2 Å². The van der Waals surface area contributed by atoms with Crippen LogP contribution in [0.15, 0.2) is 47.4 Å². The second-order valence-electron chi connectivity index (χ2n) is 6.35. The lowest BCUT2D eigenvalue weighted by molar-refractivity contribution is -0.127. The number of carbonyl (C=O) groups is 1. The maximum Gasteiger partial charge on any atom is 0.260 e. The fourth-order valence-corrected chi connectivity index (χ4v) is 3.81.